The fourth-order valence-corrected chi connectivity index (χ4v) is 4.33. The van der Waals surface area contributed by atoms with Gasteiger partial charge in [0, 0.05) is 56.2 Å². The number of urea groups is 1. The molecule has 0 radical (unpaired) electrons. The van der Waals surface area contributed by atoms with E-state index in [2.05, 4.69) is 28.0 Å². The van der Waals surface area contributed by atoms with Gasteiger partial charge in [0.2, 0.25) is 0 Å². The first-order chi connectivity index (χ1) is 10.8. The SMILES string of the molecule is CC[C@@H]1CN(C(=O)NCCc2cn3c(n2)CCCC3)CCS1. The van der Waals surface area contributed by atoms with Gasteiger partial charge in [-0.3, -0.25) is 0 Å². The van der Waals surface area contributed by atoms with Crippen LogP contribution in [-0.4, -0.2) is 51.1 Å². The van der Waals surface area contributed by atoms with E-state index in [1.165, 1.54) is 18.7 Å². The number of thioether (sulfide) groups is 1. The molecule has 0 bridgehead atoms. The van der Waals surface area contributed by atoms with E-state index < -0.39 is 0 Å². The summed E-state index contributed by atoms with van der Waals surface area (Å²) in [6.07, 6.45) is 7.71. The zero-order chi connectivity index (χ0) is 15.4. The van der Waals surface area contributed by atoms with Crippen molar-refractivity contribution in [3.05, 3.63) is 17.7 Å². The Morgan fingerprint density at radius 2 is 2.36 bits per heavy atom. The Balaban J connectivity index is 1.44. The lowest BCUT2D eigenvalue weighted by Gasteiger charge is -2.31. The van der Waals surface area contributed by atoms with Gasteiger partial charge in [-0.25, -0.2) is 9.78 Å². The van der Waals surface area contributed by atoms with Crippen LogP contribution in [0.15, 0.2) is 6.20 Å². The molecule has 22 heavy (non-hydrogen) atoms. The topological polar surface area (TPSA) is 50.2 Å². The number of nitrogens with zero attached hydrogens (tertiary/aromatic N) is 3. The third-order valence-corrected chi connectivity index (χ3v) is 5.87. The molecule has 6 heteroatoms. The molecule has 1 fully saturated rings. The number of rotatable bonds is 4. The number of carbonyl (C=O) groups excluding carboxylic acids is 1. The lowest BCUT2D eigenvalue weighted by Crippen LogP contribution is -2.47. The van der Waals surface area contributed by atoms with Crippen molar-refractivity contribution in [2.24, 2.45) is 0 Å². The number of nitrogens with one attached hydrogen (secondary N) is 1. The van der Waals surface area contributed by atoms with E-state index in [1.807, 2.05) is 16.7 Å². The fraction of sp³-hybridized carbons (Fsp3) is 0.750. The molecule has 2 aliphatic rings. The molecule has 3 heterocycles. The Hall–Kier alpha value is -1.17. The Labute approximate surface area is 136 Å². The summed E-state index contributed by atoms with van der Waals surface area (Å²) in [5.41, 5.74) is 1.11. The van der Waals surface area contributed by atoms with Crippen LogP contribution in [0.2, 0.25) is 0 Å². The molecular formula is C16H26N4OS. The molecule has 3 rings (SSSR count). The van der Waals surface area contributed by atoms with Crippen LogP contribution in [0.5, 0.6) is 0 Å². The zero-order valence-corrected chi connectivity index (χ0v) is 14.2. The van der Waals surface area contributed by atoms with Crippen molar-refractivity contribution >= 4 is 17.8 Å². The van der Waals surface area contributed by atoms with Gasteiger partial charge >= 0.3 is 6.03 Å². The average Bonchev–Trinajstić information content (AvgIpc) is 2.97. The average molecular weight is 322 g/mol. The molecule has 1 saturated heterocycles. The Morgan fingerprint density at radius 3 is 3.18 bits per heavy atom. The van der Waals surface area contributed by atoms with Crippen molar-refractivity contribution in [1.29, 1.82) is 0 Å². The molecule has 122 valence electrons. The molecule has 1 aromatic heterocycles. The lowest BCUT2D eigenvalue weighted by molar-refractivity contribution is 0.199. The second-order valence-electron chi connectivity index (χ2n) is 6.13. The minimum absolute atomic E-state index is 0.0859. The second-order valence-corrected chi connectivity index (χ2v) is 7.54. The highest BCUT2D eigenvalue weighted by Gasteiger charge is 2.22. The normalized spacial score (nSPS) is 21.5. The summed E-state index contributed by atoms with van der Waals surface area (Å²) in [6.45, 7) is 5.71. The number of amides is 2. The third-order valence-electron chi connectivity index (χ3n) is 4.50. The van der Waals surface area contributed by atoms with Crippen molar-refractivity contribution in [2.45, 2.75) is 50.8 Å². The molecular weight excluding hydrogens is 296 g/mol. The van der Waals surface area contributed by atoms with Gasteiger partial charge < -0.3 is 14.8 Å². The lowest BCUT2D eigenvalue weighted by atomic mass is 10.2. The van der Waals surface area contributed by atoms with E-state index in [0.29, 0.717) is 11.8 Å². The van der Waals surface area contributed by atoms with Crippen LogP contribution in [0.1, 0.15) is 37.7 Å². The summed E-state index contributed by atoms with van der Waals surface area (Å²) in [5, 5.41) is 3.65. The van der Waals surface area contributed by atoms with Gasteiger partial charge in [0.1, 0.15) is 5.82 Å². The number of hydrogen-bond acceptors (Lipinski definition) is 3. The van der Waals surface area contributed by atoms with E-state index in [9.17, 15) is 4.79 Å². The maximum atomic E-state index is 12.2. The van der Waals surface area contributed by atoms with Crippen LogP contribution < -0.4 is 5.32 Å². The van der Waals surface area contributed by atoms with Gasteiger partial charge in [-0.1, -0.05) is 6.92 Å². The molecule has 5 nitrogen and oxygen atoms in total. The van der Waals surface area contributed by atoms with Crippen LogP contribution in [0, 0.1) is 0 Å². The predicted octanol–water partition coefficient (Wildman–Crippen LogP) is 2.30. The fourth-order valence-electron chi connectivity index (χ4n) is 3.15. The van der Waals surface area contributed by atoms with Crippen LogP contribution in [-0.2, 0) is 19.4 Å². The van der Waals surface area contributed by atoms with Gasteiger partial charge in [-0.2, -0.15) is 11.8 Å². The van der Waals surface area contributed by atoms with E-state index in [1.54, 1.807) is 0 Å². The maximum absolute atomic E-state index is 12.2. The zero-order valence-electron chi connectivity index (χ0n) is 13.4. The van der Waals surface area contributed by atoms with Crippen LogP contribution >= 0.6 is 11.8 Å². The largest absolute Gasteiger partial charge is 0.338 e. The number of aryl methyl sites for hydroxylation is 2. The maximum Gasteiger partial charge on any atom is 0.317 e. The van der Waals surface area contributed by atoms with Crippen LogP contribution in [0.4, 0.5) is 4.79 Å². The third kappa shape index (κ3) is 3.77. The highest BCUT2D eigenvalue weighted by atomic mass is 32.2. The predicted molar refractivity (Wildman–Crippen MR) is 90.4 cm³/mol. The molecule has 0 saturated carbocycles. The number of hydrogen-bond donors (Lipinski definition) is 1. The van der Waals surface area contributed by atoms with Crippen LogP contribution in [0.25, 0.3) is 0 Å². The van der Waals surface area contributed by atoms with Crippen molar-refractivity contribution in [2.75, 3.05) is 25.4 Å². The minimum Gasteiger partial charge on any atom is -0.338 e. The van der Waals surface area contributed by atoms with E-state index in [-0.39, 0.29) is 6.03 Å². The monoisotopic (exact) mass is 322 g/mol. The van der Waals surface area contributed by atoms with Gasteiger partial charge in [0.05, 0.1) is 5.69 Å². The molecule has 0 unspecified atom stereocenters. The number of aromatic nitrogens is 2. The Bertz CT molecular complexity index is 493. The summed E-state index contributed by atoms with van der Waals surface area (Å²) in [4.78, 5) is 18.9. The van der Waals surface area contributed by atoms with Gasteiger partial charge in [-0.05, 0) is 19.3 Å². The summed E-state index contributed by atoms with van der Waals surface area (Å²) >= 11 is 1.99. The standard InChI is InChI=1S/C16H26N4OS/c1-2-14-12-20(9-10-22-14)16(21)17-7-6-13-11-19-8-4-3-5-15(19)18-13/h11,14H,2-10,12H2,1H3,(H,17,21)/t14-/m1/s1. The number of fused-ring (bicyclic) bond motifs is 1. The van der Waals surface area contributed by atoms with E-state index in [0.717, 1.165) is 50.3 Å². The van der Waals surface area contributed by atoms with Crippen molar-refractivity contribution < 1.29 is 4.79 Å². The highest BCUT2D eigenvalue weighted by Crippen LogP contribution is 2.21. The van der Waals surface area contributed by atoms with Crippen molar-refractivity contribution in [3.63, 3.8) is 0 Å². The molecule has 2 aliphatic heterocycles. The van der Waals surface area contributed by atoms with Crippen molar-refractivity contribution in [3.8, 4) is 0 Å². The Kier molecular flexibility index (Phi) is 5.28. The molecule has 0 aromatic carbocycles. The summed E-state index contributed by atoms with van der Waals surface area (Å²) in [6, 6.07) is 0.0859. The Morgan fingerprint density at radius 1 is 1.45 bits per heavy atom. The molecule has 1 aromatic rings. The highest BCUT2D eigenvalue weighted by molar-refractivity contribution is 8.00. The summed E-state index contributed by atoms with van der Waals surface area (Å²) in [7, 11) is 0. The molecule has 0 spiro atoms. The number of imidazole rings is 1. The summed E-state index contributed by atoms with van der Waals surface area (Å²) in [5.74, 6) is 2.27. The van der Waals surface area contributed by atoms with Gasteiger partial charge in [0.25, 0.3) is 0 Å². The first-order valence-electron chi connectivity index (χ1n) is 8.45. The van der Waals surface area contributed by atoms with Crippen LogP contribution in [0.3, 0.4) is 0 Å². The van der Waals surface area contributed by atoms with Gasteiger partial charge in [0.15, 0.2) is 0 Å². The smallest absolute Gasteiger partial charge is 0.317 e. The number of carbonyl (C=O) groups is 1. The first kappa shape index (κ1) is 15.7. The molecule has 0 aliphatic carbocycles. The van der Waals surface area contributed by atoms with E-state index >= 15 is 0 Å². The second kappa shape index (κ2) is 7.40. The van der Waals surface area contributed by atoms with Crippen molar-refractivity contribution in [1.82, 2.24) is 19.8 Å². The summed E-state index contributed by atoms with van der Waals surface area (Å²) < 4.78 is 2.27. The molecule has 1 N–H and O–H groups in total. The quantitative estimate of drug-likeness (QED) is 0.925. The van der Waals surface area contributed by atoms with Gasteiger partial charge in [-0.15, -0.1) is 0 Å². The molecule has 2 amide bonds. The first-order valence-corrected chi connectivity index (χ1v) is 9.50. The minimum atomic E-state index is 0.0859. The molecule has 1 atom stereocenters. The van der Waals surface area contributed by atoms with E-state index in [4.69, 9.17) is 0 Å².